The van der Waals surface area contributed by atoms with Gasteiger partial charge >= 0.3 is 0 Å². The van der Waals surface area contributed by atoms with Crippen LogP contribution >= 0.6 is 67.8 Å². The van der Waals surface area contributed by atoms with Crippen molar-refractivity contribution in [2.75, 3.05) is 11.0 Å². The summed E-state index contributed by atoms with van der Waals surface area (Å²) < 4.78 is 6.31. The molecule has 0 fully saturated rings. The molecular weight excluding hydrogens is 457 g/mol. The summed E-state index contributed by atoms with van der Waals surface area (Å²) in [4.78, 5) is 0. The van der Waals surface area contributed by atoms with Gasteiger partial charge in [-0.2, -0.15) is 0 Å². The van der Waals surface area contributed by atoms with Crippen molar-refractivity contribution in [3.8, 4) is 0 Å². The molecule has 0 bridgehead atoms. The van der Waals surface area contributed by atoms with Crippen molar-refractivity contribution in [1.29, 1.82) is 0 Å². The molecule has 0 radical (unpaired) electrons. The van der Waals surface area contributed by atoms with E-state index in [1.165, 1.54) is 0 Å². The van der Waals surface area contributed by atoms with Gasteiger partial charge in [-0.1, -0.05) is 28.7 Å². The Morgan fingerprint density at radius 3 is 2.44 bits per heavy atom. The van der Waals surface area contributed by atoms with E-state index < -0.39 is 0 Å². The minimum Gasteiger partial charge on any atom is -0.350 e. The largest absolute Gasteiger partial charge is 0.350 e. The van der Waals surface area contributed by atoms with Crippen molar-refractivity contribution in [3.63, 3.8) is 0 Å². The van der Waals surface area contributed by atoms with E-state index in [0.717, 1.165) is 4.43 Å². The average Bonchev–Trinajstić information content (AvgIpc) is 1.84. The molecule has 0 saturated heterocycles. The molecule has 0 aliphatic heterocycles. The van der Waals surface area contributed by atoms with Crippen LogP contribution in [0.15, 0.2) is 12.7 Å². The molecule has 0 unspecified atom stereocenters. The van der Waals surface area contributed by atoms with Crippen LogP contribution in [0.2, 0.25) is 0 Å². The van der Waals surface area contributed by atoms with Gasteiger partial charge in [0.1, 0.15) is 0 Å². The summed E-state index contributed by atoms with van der Waals surface area (Å²) >= 11 is 6.84. The Balaban J connectivity index is 3.44. The van der Waals surface area contributed by atoms with Crippen LogP contribution in [0.3, 0.4) is 0 Å². The summed E-state index contributed by atoms with van der Waals surface area (Å²) in [6.07, 6.45) is 1.76. The lowest BCUT2D eigenvalue weighted by Gasteiger charge is -2.16. The fraction of sp³-hybridized carbons (Fsp3) is 0.600. The maximum absolute atomic E-state index is 5.38. The first-order chi connectivity index (χ1) is 4.12. The summed E-state index contributed by atoms with van der Waals surface area (Å²) in [5.74, 6) is 0. The minimum atomic E-state index is -0.0513. The molecular formula is C5H7I3O. The lowest BCUT2D eigenvalue weighted by Crippen LogP contribution is -2.17. The first-order valence-electron chi connectivity index (χ1n) is 2.31. The van der Waals surface area contributed by atoms with E-state index in [1.54, 1.807) is 6.08 Å². The van der Waals surface area contributed by atoms with E-state index in [9.17, 15) is 0 Å². The highest BCUT2D eigenvalue weighted by Gasteiger charge is 2.19. The maximum Gasteiger partial charge on any atom is 0.178 e. The summed E-state index contributed by atoms with van der Waals surface area (Å²) in [5, 5.41) is 0. The third kappa shape index (κ3) is 6.29. The standard InChI is InChI=1S/C5H7I3O/c1-2-3-9-5(7,8)4-6/h2H,1,3-4H2. The Hall–Kier alpha value is 1.89. The summed E-state index contributed by atoms with van der Waals surface area (Å²) in [6, 6.07) is 0. The second-order valence-corrected chi connectivity index (χ2v) is 7.68. The van der Waals surface area contributed by atoms with Crippen LogP contribution in [0.25, 0.3) is 0 Å². The fourth-order valence-electron chi connectivity index (χ4n) is 0.219. The molecule has 0 rings (SSSR count). The molecule has 0 aliphatic rings. The monoisotopic (exact) mass is 464 g/mol. The molecule has 0 saturated carbocycles. The number of hydrogen-bond acceptors (Lipinski definition) is 1. The fourth-order valence-corrected chi connectivity index (χ4v) is 0.799. The average molecular weight is 464 g/mol. The van der Waals surface area contributed by atoms with E-state index in [2.05, 4.69) is 74.4 Å². The molecule has 9 heavy (non-hydrogen) atoms. The van der Waals surface area contributed by atoms with Gasteiger partial charge in [0, 0.05) is 4.43 Å². The Morgan fingerprint density at radius 2 is 2.11 bits per heavy atom. The number of hydrogen-bond donors (Lipinski definition) is 0. The molecule has 4 heteroatoms. The van der Waals surface area contributed by atoms with Gasteiger partial charge in [0.25, 0.3) is 0 Å². The van der Waals surface area contributed by atoms with Gasteiger partial charge in [0.05, 0.1) is 6.61 Å². The van der Waals surface area contributed by atoms with Gasteiger partial charge in [-0.25, -0.2) is 0 Å². The quantitative estimate of drug-likeness (QED) is 0.354. The number of ether oxygens (including phenoxy) is 1. The zero-order chi connectivity index (χ0) is 7.33. The third-order valence-corrected chi connectivity index (χ3v) is 5.95. The number of rotatable bonds is 4. The van der Waals surface area contributed by atoms with Crippen LogP contribution in [-0.4, -0.2) is 12.6 Å². The zero-order valence-corrected chi connectivity index (χ0v) is 11.2. The van der Waals surface area contributed by atoms with Crippen LogP contribution in [-0.2, 0) is 4.74 Å². The van der Waals surface area contributed by atoms with Crippen molar-refractivity contribution >= 4 is 67.8 Å². The van der Waals surface area contributed by atoms with Crippen molar-refractivity contribution < 1.29 is 4.74 Å². The highest BCUT2D eigenvalue weighted by Crippen LogP contribution is 2.30. The van der Waals surface area contributed by atoms with E-state index >= 15 is 0 Å². The predicted octanol–water partition coefficient (Wildman–Crippen LogP) is 3.15. The van der Waals surface area contributed by atoms with Crippen molar-refractivity contribution in [3.05, 3.63) is 12.7 Å². The summed E-state index contributed by atoms with van der Waals surface area (Å²) in [6.45, 7) is 4.20. The van der Waals surface area contributed by atoms with Crippen LogP contribution in [0.5, 0.6) is 0 Å². The SMILES string of the molecule is C=CCOC(I)(I)CI. The van der Waals surface area contributed by atoms with Gasteiger partial charge in [0.15, 0.2) is 1.61 Å². The van der Waals surface area contributed by atoms with E-state index in [0.29, 0.717) is 6.61 Å². The molecule has 0 N–H and O–H groups in total. The highest BCUT2D eigenvalue weighted by molar-refractivity contribution is 14.2. The lowest BCUT2D eigenvalue weighted by atomic mass is 10.7. The number of halogens is 3. The van der Waals surface area contributed by atoms with E-state index in [1.807, 2.05) is 0 Å². The first-order valence-corrected chi connectivity index (χ1v) is 5.99. The number of alkyl halides is 3. The molecule has 0 heterocycles. The van der Waals surface area contributed by atoms with Crippen LogP contribution in [0, 0.1) is 0 Å². The summed E-state index contributed by atoms with van der Waals surface area (Å²) in [7, 11) is 0. The Bertz CT molecular complexity index is 92.2. The second kappa shape index (κ2) is 5.53. The zero-order valence-electron chi connectivity index (χ0n) is 4.74. The predicted molar refractivity (Wildman–Crippen MR) is 65.8 cm³/mol. The van der Waals surface area contributed by atoms with E-state index in [4.69, 9.17) is 4.74 Å². The molecule has 0 aromatic rings. The molecule has 0 atom stereocenters. The normalized spacial score (nSPS) is 11.4. The molecule has 0 spiro atoms. The van der Waals surface area contributed by atoms with Gasteiger partial charge < -0.3 is 4.74 Å². The maximum atomic E-state index is 5.38. The Kier molecular flexibility index (Phi) is 6.69. The van der Waals surface area contributed by atoms with Crippen LogP contribution in [0.1, 0.15) is 0 Å². The molecule has 0 aromatic carbocycles. The topological polar surface area (TPSA) is 9.23 Å². The third-order valence-electron chi connectivity index (χ3n) is 0.568. The van der Waals surface area contributed by atoms with Crippen molar-refractivity contribution in [2.24, 2.45) is 0 Å². The van der Waals surface area contributed by atoms with Gasteiger partial charge in [-0.05, 0) is 45.2 Å². The Morgan fingerprint density at radius 1 is 1.56 bits per heavy atom. The van der Waals surface area contributed by atoms with Crippen LogP contribution in [0.4, 0.5) is 0 Å². The second-order valence-electron chi connectivity index (χ2n) is 1.37. The molecule has 54 valence electrons. The molecule has 0 aliphatic carbocycles. The van der Waals surface area contributed by atoms with Crippen molar-refractivity contribution in [1.82, 2.24) is 0 Å². The van der Waals surface area contributed by atoms with E-state index in [-0.39, 0.29) is 1.61 Å². The first kappa shape index (κ1) is 10.9. The molecule has 1 nitrogen and oxygen atoms in total. The van der Waals surface area contributed by atoms with Gasteiger partial charge in [-0.15, -0.1) is 6.58 Å². The highest BCUT2D eigenvalue weighted by atomic mass is 127. The molecule has 0 aromatic heterocycles. The minimum absolute atomic E-state index is 0.0513. The van der Waals surface area contributed by atoms with Gasteiger partial charge in [0.2, 0.25) is 0 Å². The van der Waals surface area contributed by atoms with Crippen molar-refractivity contribution in [2.45, 2.75) is 1.61 Å². The smallest absolute Gasteiger partial charge is 0.178 e. The Labute approximate surface area is 96.4 Å². The van der Waals surface area contributed by atoms with Crippen LogP contribution < -0.4 is 0 Å². The lowest BCUT2D eigenvalue weighted by molar-refractivity contribution is 0.157. The summed E-state index contributed by atoms with van der Waals surface area (Å²) in [5.41, 5.74) is 0. The van der Waals surface area contributed by atoms with Gasteiger partial charge in [-0.3, -0.25) is 0 Å². The molecule has 0 amide bonds.